The van der Waals surface area contributed by atoms with Crippen LogP contribution in [-0.2, 0) is 4.74 Å². The fourth-order valence-electron chi connectivity index (χ4n) is 1.73. The van der Waals surface area contributed by atoms with Gasteiger partial charge in [-0.15, -0.1) is 0 Å². The summed E-state index contributed by atoms with van der Waals surface area (Å²) in [6.07, 6.45) is 0. The van der Waals surface area contributed by atoms with E-state index < -0.39 is 0 Å². The van der Waals surface area contributed by atoms with Crippen molar-refractivity contribution in [2.75, 3.05) is 33.5 Å². The minimum Gasteiger partial charge on any atom is -0.496 e. The molecule has 0 fully saturated rings. The van der Waals surface area contributed by atoms with Gasteiger partial charge >= 0.3 is 0 Å². The fourth-order valence-corrected chi connectivity index (χ4v) is 1.73. The number of benzene rings is 1. The Morgan fingerprint density at radius 2 is 2.17 bits per heavy atom. The van der Waals surface area contributed by atoms with Crippen molar-refractivity contribution in [3.8, 4) is 5.75 Å². The number of nitrogens with one attached hydrogen (secondary N) is 1. The Balaban J connectivity index is 2.53. The first-order valence-electron chi connectivity index (χ1n) is 5.95. The Labute approximate surface area is 107 Å². The van der Waals surface area contributed by atoms with Crippen LogP contribution in [0.3, 0.4) is 0 Å². The molecule has 0 radical (unpaired) electrons. The van der Waals surface area contributed by atoms with Gasteiger partial charge in [0.2, 0.25) is 0 Å². The number of rotatable bonds is 8. The monoisotopic (exact) mass is 257 g/mol. The summed E-state index contributed by atoms with van der Waals surface area (Å²) in [5.74, 6) is 0.247. The predicted molar refractivity (Wildman–Crippen MR) is 67.3 cm³/mol. The van der Waals surface area contributed by atoms with Crippen molar-refractivity contribution >= 4 is 0 Å². The van der Waals surface area contributed by atoms with Crippen LogP contribution in [0, 0.1) is 5.82 Å². The molecule has 0 aliphatic heterocycles. The Morgan fingerprint density at radius 1 is 1.39 bits per heavy atom. The number of aliphatic hydroxyl groups is 1. The Kier molecular flexibility index (Phi) is 6.64. The Hall–Kier alpha value is -1.17. The molecule has 102 valence electrons. The predicted octanol–water partition coefficient (Wildman–Crippen LogP) is 1.49. The molecule has 0 aliphatic rings. The first kappa shape index (κ1) is 14.9. The van der Waals surface area contributed by atoms with E-state index in [-0.39, 0.29) is 18.5 Å². The number of hydrogen-bond acceptors (Lipinski definition) is 4. The average molecular weight is 257 g/mol. The number of halogens is 1. The molecule has 0 bridgehead atoms. The molecule has 0 spiro atoms. The van der Waals surface area contributed by atoms with Crippen LogP contribution in [-0.4, -0.2) is 38.6 Å². The minimum absolute atomic E-state index is 0.0106. The Morgan fingerprint density at radius 3 is 2.83 bits per heavy atom. The third kappa shape index (κ3) is 4.25. The maximum Gasteiger partial charge on any atom is 0.131 e. The summed E-state index contributed by atoms with van der Waals surface area (Å²) in [5.41, 5.74) is 0.516. The van der Waals surface area contributed by atoms with Crippen molar-refractivity contribution in [3.05, 3.63) is 29.6 Å². The van der Waals surface area contributed by atoms with E-state index in [1.54, 1.807) is 12.1 Å². The molecule has 1 aromatic rings. The van der Waals surface area contributed by atoms with Gasteiger partial charge < -0.3 is 19.9 Å². The lowest BCUT2D eigenvalue weighted by Gasteiger charge is -2.18. The van der Waals surface area contributed by atoms with E-state index in [1.807, 2.05) is 6.92 Å². The van der Waals surface area contributed by atoms with Crippen LogP contribution in [0.15, 0.2) is 18.2 Å². The topological polar surface area (TPSA) is 50.7 Å². The first-order valence-corrected chi connectivity index (χ1v) is 5.95. The zero-order valence-electron chi connectivity index (χ0n) is 10.8. The standard InChI is InChI=1S/C13H20FNO3/c1-10(15-6-8-18-9-7-16)13-11(14)4-3-5-12(13)17-2/h3-5,10,15-16H,6-9H2,1-2H3. The molecular weight excluding hydrogens is 237 g/mol. The van der Waals surface area contributed by atoms with E-state index in [2.05, 4.69) is 5.32 Å². The van der Waals surface area contributed by atoms with Crippen molar-refractivity contribution in [3.63, 3.8) is 0 Å². The van der Waals surface area contributed by atoms with Gasteiger partial charge in [-0.2, -0.15) is 0 Å². The van der Waals surface area contributed by atoms with Crippen LogP contribution in [0.1, 0.15) is 18.5 Å². The van der Waals surface area contributed by atoms with Crippen molar-refractivity contribution in [1.29, 1.82) is 0 Å². The van der Waals surface area contributed by atoms with Gasteiger partial charge in [-0.1, -0.05) is 6.07 Å². The van der Waals surface area contributed by atoms with Crippen molar-refractivity contribution in [2.24, 2.45) is 0 Å². The maximum absolute atomic E-state index is 13.7. The molecular formula is C13H20FNO3. The van der Waals surface area contributed by atoms with Gasteiger partial charge in [0.1, 0.15) is 11.6 Å². The van der Waals surface area contributed by atoms with E-state index in [9.17, 15) is 4.39 Å². The van der Waals surface area contributed by atoms with Crippen LogP contribution in [0.5, 0.6) is 5.75 Å². The summed E-state index contributed by atoms with van der Waals surface area (Å²) in [5, 5.41) is 11.7. The average Bonchev–Trinajstić information content (AvgIpc) is 2.37. The lowest BCUT2D eigenvalue weighted by molar-refractivity contribution is 0.0927. The molecule has 1 unspecified atom stereocenters. The number of aliphatic hydroxyl groups excluding tert-OH is 1. The van der Waals surface area contributed by atoms with E-state index in [0.717, 1.165) is 0 Å². The van der Waals surface area contributed by atoms with Gasteiger partial charge in [0.15, 0.2) is 0 Å². The highest BCUT2D eigenvalue weighted by Gasteiger charge is 2.15. The maximum atomic E-state index is 13.7. The summed E-state index contributed by atoms with van der Waals surface area (Å²) in [4.78, 5) is 0. The van der Waals surface area contributed by atoms with E-state index >= 15 is 0 Å². The van der Waals surface area contributed by atoms with Crippen molar-refractivity contribution in [2.45, 2.75) is 13.0 Å². The van der Waals surface area contributed by atoms with Gasteiger partial charge in [0, 0.05) is 18.2 Å². The molecule has 1 aromatic carbocycles. The lowest BCUT2D eigenvalue weighted by Crippen LogP contribution is -2.24. The van der Waals surface area contributed by atoms with Gasteiger partial charge in [-0.3, -0.25) is 0 Å². The van der Waals surface area contributed by atoms with Gasteiger partial charge in [0.25, 0.3) is 0 Å². The highest BCUT2D eigenvalue weighted by Crippen LogP contribution is 2.27. The van der Waals surface area contributed by atoms with E-state index in [1.165, 1.54) is 13.2 Å². The molecule has 4 nitrogen and oxygen atoms in total. The molecule has 0 saturated heterocycles. The molecule has 0 saturated carbocycles. The summed E-state index contributed by atoms with van der Waals surface area (Å²) < 4.78 is 24.0. The van der Waals surface area contributed by atoms with Gasteiger partial charge in [-0.25, -0.2) is 4.39 Å². The van der Waals surface area contributed by atoms with Gasteiger partial charge in [-0.05, 0) is 19.1 Å². The fraction of sp³-hybridized carbons (Fsp3) is 0.538. The van der Waals surface area contributed by atoms with Crippen molar-refractivity contribution < 1.29 is 19.0 Å². The number of ether oxygens (including phenoxy) is 2. The largest absolute Gasteiger partial charge is 0.496 e. The molecule has 0 amide bonds. The second kappa shape index (κ2) is 8.02. The summed E-state index contributed by atoms with van der Waals surface area (Å²) >= 11 is 0. The normalized spacial score (nSPS) is 12.4. The SMILES string of the molecule is COc1cccc(F)c1C(C)NCCOCCO. The lowest BCUT2D eigenvalue weighted by atomic mass is 10.1. The van der Waals surface area contributed by atoms with Crippen LogP contribution in [0.2, 0.25) is 0 Å². The molecule has 1 atom stereocenters. The van der Waals surface area contributed by atoms with E-state index in [4.69, 9.17) is 14.6 Å². The van der Waals surface area contributed by atoms with E-state index in [0.29, 0.717) is 31.1 Å². The summed E-state index contributed by atoms with van der Waals surface area (Å²) in [6, 6.07) is 4.60. The van der Waals surface area contributed by atoms with Crippen LogP contribution in [0.4, 0.5) is 4.39 Å². The molecule has 0 aromatic heterocycles. The highest BCUT2D eigenvalue weighted by molar-refractivity contribution is 5.36. The summed E-state index contributed by atoms with van der Waals surface area (Å²) in [6.45, 7) is 3.25. The quantitative estimate of drug-likeness (QED) is 0.693. The van der Waals surface area contributed by atoms with Crippen LogP contribution >= 0.6 is 0 Å². The van der Waals surface area contributed by atoms with Crippen LogP contribution < -0.4 is 10.1 Å². The molecule has 1 rings (SSSR count). The minimum atomic E-state index is -0.286. The highest BCUT2D eigenvalue weighted by atomic mass is 19.1. The Bertz CT molecular complexity index is 360. The zero-order valence-corrected chi connectivity index (χ0v) is 10.8. The summed E-state index contributed by atoms with van der Waals surface area (Å²) in [7, 11) is 1.52. The third-order valence-corrected chi connectivity index (χ3v) is 2.60. The second-order valence-electron chi connectivity index (χ2n) is 3.87. The zero-order chi connectivity index (χ0) is 13.4. The molecule has 0 heterocycles. The smallest absolute Gasteiger partial charge is 0.131 e. The molecule has 2 N–H and O–H groups in total. The molecule has 18 heavy (non-hydrogen) atoms. The third-order valence-electron chi connectivity index (χ3n) is 2.60. The number of methoxy groups -OCH3 is 1. The van der Waals surface area contributed by atoms with Gasteiger partial charge in [0.05, 0.1) is 26.9 Å². The second-order valence-corrected chi connectivity index (χ2v) is 3.87. The van der Waals surface area contributed by atoms with Crippen molar-refractivity contribution in [1.82, 2.24) is 5.32 Å². The molecule has 0 aliphatic carbocycles. The number of hydrogen-bond donors (Lipinski definition) is 2. The first-order chi connectivity index (χ1) is 8.70. The van der Waals surface area contributed by atoms with Crippen LogP contribution in [0.25, 0.3) is 0 Å². The molecule has 5 heteroatoms.